The normalized spacial score (nSPS) is 9.95. The van der Waals surface area contributed by atoms with E-state index in [1.165, 1.54) is 25.7 Å². The molecule has 1 amide bonds. The molecule has 4 nitrogen and oxygen atoms in total. The number of carboxylic acid groups (broad SMARTS) is 1. The lowest BCUT2D eigenvalue weighted by Crippen LogP contribution is -2.20. The standard InChI is InChI=1S/C13H10S.C3H5NO3/c1-9-6-7-11-10-4-2-3-5-12(10)14-13(11)8-9;5-2-4-1-3(6)7/h2-8H,1H3;2H,1H2,(H,4,5)(H,6,7). The zero-order valence-electron chi connectivity index (χ0n) is 11.5. The quantitative estimate of drug-likeness (QED) is 0.730. The van der Waals surface area contributed by atoms with E-state index < -0.39 is 5.97 Å². The van der Waals surface area contributed by atoms with Gasteiger partial charge in [0, 0.05) is 20.2 Å². The fourth-order valence-corrected chi connectivity index (χ4v) is 3.17. The summed E-state index contributed by atoms with van der Waals surface area (Å²) in [6.07, 6.45) is 0.341. The Morgan fingerprint density at radius 2 is 1.90 bits per heavy atom. The topological polar surface area (TPSA) is 66.4 Å². The number of benzene rings is 2. The number of hydrogen-bond donors (Lipinski definition) is 2. The summed E-state index contributed by atoms with van der Waals surface area (Å²) < 4.78 is 2.78. The number of amides is 1. The molecule has 0 atom stereocenters. The monoisotopic (exact) mass is 301 g/mol. The zero-order chi connectivity index (χ0) is 15.2. The highest BCUT2D eigenvalue weighted by Crippen LogP contribution is 2.33. The van der Waals surface area contributed by atoms with E-state index in [1.807, 2.05) is 16.7 Å². The summed E-state index contributed by atoms with van der Waals surface area (Å²) in [5.74, 6) is -1.04. The molecule has 0 fully saturated rings. The van der Waals surface area contributed by atoms with Crippen LogP contribution in [0.2, 0.25) is 0 Å². The van der Waals surface area contributed by atoms with Crippen LogP contribution in [0.15, 0.2) is 42.5 Å². The van der Waals surface area contributed by atoms with Crippen LogP contribution < -0.4 is 5.32 Å². The number of aliphatic carboxylic acids is 1. The Balaban J connectivity index is 0.000000199. The second-order valence-corrected chi connectivity index (χ2v) is 5.57. The van der Waals surface area contributed by atoms with Gasteiger partial charge < -0.3 is 10.4 Å². The lowest BCUT2D eigenvalue weighted by Gasteiger charge is -1.92. The van der Waals surface area contributed by atoms with Gasteiger partial charge in [-0.05, 0) is 24.6 Å². The lowest BCUT2D eigenvalue weighted by atomic mass is 10.1. The molecule has 1 aromatic heterocycles. The molecule has 0 unspecified atom stereocenters. The van der Waals surface area contributed by atoms with Crippen molar-refractivity contribution >= 4 is 43.9 Å². The first-order valence-corrected chi connectivity index (χ1v) is 7.20. The minimum atomic E-state index is -1.04. The van der Waals surface area contributed by atoms with E-state index in [2.05, 4.69) is 49.4 Å². The molecular weight excluding hydrogens is 286 g/mol. The van der Waals surface area contributed by atoms with Crippen LogP contribution in [-0.4, -0.2) is 24.0 Å². The maximum absolute atomic E-state index is 9.54. The first-order chi connectivity index (χ1) is 10.1. The highest BCUT2D eigenvalue weighted by atomic mass is 32.1. The van der Waals surface area contributed by atoms with E-state index >= 15 is 0 Å². The van der Waals surface area contributed by atoms with Gasteiger partial charge in [-0.1, -0.05) is 30.3 Å². The van der Waals surface area contributed by atoms with Gasteiger partial charge in [-0.2, -0.15) is 0 Å². The van der Waals surface area contributed by atoms with Crippen LogP contribution >= 0.6 is 11.3 Å². The summed E-state index contributed by atoms with van der Waals surface area (Å²) in [5.41, 5.74) is 1.34. The largest absolute Gasteiger partial charge is 0.480 e. The first kappa shape index (κ1) is 15.0. The zero-order valence-corrected chi connectivity index (χ0v) is 12.3. The van der Waals surface area contributed by atoms with E-state index in [-0.39, 0.29) is 6.54 Å². The molecule has 2 N–H and O–H groups in total. The summed E-state index contributed by atoms with van der Waals surface area (Å²) in [4.78, 5) is 18.9. The van der Waals surface area contributed by atoms with Crippen molar-refractivity contribution in [3.63, 3.8) is 0 Å². The number of thiophene rings is 1. The molecule has 1 heterocycles. The van der Waals surface area contributed by atoms with Gasteiger partial charge in [0.05, 0.1) is 0 Å². The fraction of sp³-hybridized carbons (Fsp3) is 0.125. The third-order valence-corrected chi connectivity index (χ3v) is 4.00. The van der Waals surface area contributed by atoms with Gasteiger partial charge >= 0.3 is 5.97 Å². The maximum atomic E-state index is 9.54. The molecule has 0 spiro atoms. The van der Waals surface area contributed by atoms with Crippen molar-refractivity contribution < 1.29 is 14.7 Å². The number of carbonyl (C=O) groups is 2. The summed E-state index contributed by atoms with van der Waals surface area (Å²) in [6, 6.07) is 15.3. The molecule has 3 aromatic rings. The van der Waals surface area contributed by atoms with Crippen LogP contribution in [-0.2, 0) is 9.59 Å². The first-order valence-electron chi connectivity index (χ1n) is 6.38. The highest BCUT2D eigenvalue weighted by molar-refractivity contribution is 7.25. The summed E-state index contributed by atoms with van der Waals surface area (Å²) in [5, 5.41) is 12.6. The van der Waals surface area contributed by atoms with E-state index in [0.717, 1.165) is 0 Å². The predicted octanol–water partition coefficient (Wildman–Crippen LogP) is 3.18. The minimum Gasteiger partial charge on any atom is -0.480 e. The van der Waals surface area contributed by atoms with Crippen LogP contribution in [0.5, 0.6) is 0 Å². The molecule has 0 saturated heterocycles. The van der Waals surface area contributed by atoms with Crippen molar-refractivity contribution in [3.05, 3.63) is 48.0 Å². The lowest BCUT2D eigenvalue weighted by molar-refractivity contribution is -0.136. The Labute approximate surface area is 126 Å². The SMILES string of the molecule is Cc1ccc2c(c1)sc1ccccc12.O=CNCC(=O)O. The van der Waals surface area contributed by atoms with Crippen molar-refractivity contribution in [2.24, 2.45) is 0 Å². The third-order valence-electron chi connectivity index (χ3n) is 2.87. The maximum Gasteiger partial charge on any atom is 0.322 e. The number of carboxylic acids is 1. The summed E-state index contributed by atoms with van der Waals surface area (Å²) in [7, 11) is 0. The van der Waals surface area contributed by atoms with Gasteiger partial charge in [-0.3, -0.25) is 9.59 Å². The Bertz CT molecular complexity index is 779. The average Bonchev–Trinajstić information content (AvgIpc) is 2.83. The summed E-state index contributed by atoms with van der Waals surface area (Å²) in [6.45, 7) is 1.84. The molecule has 0 bridgehead atoms. The van der Waals surface area contributed by atoms with E-state index in [9.17, 15) is 9.59 Å². The Morgan fingerprint density at radius 1 is 1.19 bits per heavy atom. The number of hydrogen-bond acceptors (Lipinski definition) is 3. The second-order valence-electron chi connectivity index (χ2n) is 4.49. The van der Waals surface area contributed by atoms with Crippen LogP contribution in [0, 0.1) is 6.92 Å². The minimum absolute atomic E-state index is 0.302. The van der Waals surface area contributed by atoms with Crippen molar-refractivity contribution in [1.29, 1.82) is 0 Å². The van der Waals surface area contributed by atoms with Gasteiger partial charge in [0.15, 0.2) is 0 Å². The number of nitrogens with one attached hydrogen (secondary N) is 1. The van der Waals surface area contributed by atoms with Gasteiger partial charge in [-0.15, -0.1) is 11.3 Å². The molecule has 5 heteroatoms. The number of rotatable bonds is 3. The summed E-state index contributed by atoms with van der Waals surface area (Å²) >= 11 is 1.88. The molecule has 0 aliphatic heterocycles. The van der Waals surface area contributed by atoms with Crippen molar-refractivity contribution in [3.8, 4) is 0 Å². The molecule has 2 aromatic carbocycles. The molecule has 3 rings (SSSR count). The van der Waals surface area contributed by atoms with Crippen LogP contribution in [0.3, 0.4) is 0 Å². The van der Waals surface area contributed by atoms with E-state index in [4.69, 9.17) is 5.11 Å². The molecule has 0 aliphatic carbocycles. The van der Waals surface area contributed by atoms with Crippen LogP contribution in [0.1, 0.15) is 5.56 Å². The highest BCUT2D eigenvalue weighted by Gasteiger charge is 2.02. The Hall–Kier alpha value is -2.40. The van der Waals surface area contributed by atoms with E-state index in [1.54, 1.807) is 0 Å². The molecule has 0 aliphatic rings. The van der Waals surface area contributed by atoms with Gasteiger partial charge in [0.25, 0.3) is 0 Å². The molecule has 108 valence electrons. The molecular formula is C16H15NO3S. The van der Waals surface area contributed by atoms with Crippen molar-refractivity contribution in [2.45, 2.75) is 6.92 Å². The second kappa shape index (κ2) is 6.85. The third kappa shape index (κ3) is 3.79. The number of carbonyl (C=O) groups excluding carboxylic acids is 1. The molecule has 21 heavy (non-hydrogen) atoms. The number of aryl methyl sites for hydroxylation is 1. The van der Waals surface area contributed by atoms with Gasteiger partial charge in [0.2, 0.25) is 6.41 Å². The van der Waals surface area contributed by atoms with Gasteiger partial charge in [-0.25, -0.2) is 0 Å². The smallest absolute Gasteiger partial charge is 0.322 e. The Morgan fingerprint density at radius 3 is 2.57 bits per heavy atom. The Kier molecular flexibility index (Phi) is 4.90. The average molecular weight is 301 g/mol. The van der Waals surface area contributed by atoms with Crippen molar-refractivity contribution in [2.75, 3.05) is 6.54 Å². The van der Waals surface area contributed by atoms with E-state index in [0.29, 0.717) is 6.41 Å². The number of fused-ring (bicyclic) bond motifs is 3. The predicted molar refractivity (Wildman–Crippen MR) is 85.8 cm³/mol. The fourth-order valence-electron chi connectivity index (χ4n) is 1.96. The van der Waals surface area contributed by atoms with Crippen molar-refractivity contribution in [1.82, 2.24) is 5.32 Å². The molecule has 0 saturated carbocycles. The van der Waals surface area contributed by atoms with Gasteiger partial charge in [0.1, 0.15) is 6.54 Å². The van der Waals surface area contributed by atoms with Crippen LogP contribution in [0.4, 0.5) is 0 Å². The molecule has 0 radical (unpaired) electrons. The van der Waals surface area contributed by atoms with Crippen LogP contribution in [0.25, 0.3) is 20.2 Å².